The number of hydrogen-bond acceptors (Lipinski definition) is 3. The number of hydrogen-bond donors (Lipinski definition) is 3. The Morgan fingerprint density at radius 1 is 1.03 bits per heavy atom. The minimum atomic E-state index is -0.677. The molecule has 1 fully saturated rings. The molecule has 0 radical (unpaired) electrons. The number of nitrogens with one attached hydrogen (secondary N) is 1. The number of amides is 2. The number of aliphatic imine (C=N–C) groups is 1. The Morgan fingerprint density at radius 3 is 2.40 bits per heavy atom. The zero-order valence-electron chi connectivity index (χ0n) is 16.7. The number of nitrogens with zero attached hydrogens (tertiary/aromatic N) is 1. The number of benzene rings is 2. The van der Waals surface area contributed by atoms with Crippen molar-refractivity contribution in [3.05, 3.63) is 63.7 Å². The Balaban J connectivity index is 1.75. The summed E-state index contributed by atoms with van der Waals surface area (Å²) in [6.45, 7) is 0.516. The third-order valence-electron chi connectivity index (χ3n) is 6.18. The highest BCUT2D eigenvalue weighted by Crippen LogP contribution is 2.45. The van der Waals surface area contributed by atoms with Gasteiger partial charge in [0.25, 0.3) is 0 Å². The normalized spacial score (nSPS) is 18.6. The lowest BCUT2D eigenvalue weighted by Gasteiger charge is -2.43. The Hall–Kier alpha value is -2.86. The van der Waals surface area contributed by atoms with Crippen LogP contribution in [0.2, 0.25) is 5.02 Å². The first-order valence-electron chi connectivity index (χ1n) is 10.2. The summed E-state index contributed by atoms with van der Waals surface area (Å²) in [5, 5.41) is 4.15. The van der Waals surface area contributed by atoms with Crippen LogP contribution in [0.5, 0.6) is 0 Å². The molecule has 156 valence electrons. The van der Waals surface area contributed by atoms with Gasteiger partial charge in [-0.1, -0.05) is 43.0 Å². The van der Waals surface area contributed by atoms with Gasteiger partial charge in [-0.05, 0) is 54.7 Å². The maximum atomic E-state index is 11.9. The van der Waals surface area contributed by atoms with E-state index in [0.717, 1.165) is 54.8 Å². The SMILES string of the molecule is NC(=O)c1cc2c(cc1C(N)=O)NC(=NCc1cccc(Cl)c1)C1(CCCCC1)C2. The molecule has 4 rings (SSSR count). The van der Waals surface area contributed by atoms with Gasteiger partial charge in [0.1, 0.15) is 5.84 Å². The number of carbonyl (C=O) groups excluding carboxylic acids is 2. The maximum Gasteiger partial charge on any atom is 0.249 e. The molecule has 30 heavy (non-hydrogen) atoms. The fourth-order valence-corrected chi connectivity index (χ4v) is 4.89. The van der Waals surface area contributed by atoms with Crippen LogP contribution in [0.25, 0.3) is 0 Å². The van der Waals surface area contributed by atoms with Gasteiger partial charge in [-0.15, -0.1) is 0 Å². The molecule has 1 saturated carbocycles. The van der Waals surface area contributed by atoms with E-state index < -0.39 is 11.8 Å². The van der Waals surface area contributed by atoms with Crippen molar-refractivity contribution in [1.29, 1.82) is 0 Å². The van der Waals surface area contributed by atoms with E-state index in [1.54, 1.807) is 12.1 Å². The molecule has 1 aliphatic carbocycles. The van der Waals surface area contributed by atoms with E-state index in [1.165, 1.54) is 6.42 Å². The van der Waals surface area contributed by atoms with Crippen molar-refractivity contribution in [1.82, 2.24) is 0 Å². The van der Waals surface area contributed by atoms with Crippen molar-refractivity contribution in [3.8, 4) is 0 Å². The highest BCUT2D eigenvalue weighted by molar-refractivity contribution is 6.30. The topological polar surface area (TPSA) is 111 Å². The van der Waals surface area contributed by atoms with Gasteiger partial charge >= 0.3 is 0 Å². The number of rotatable bonds is 4. The molecular formula is C23H25ClN4O2. The van der Waals surface area contributed by atoms with Crippen LogP contribution in [-0.2, 0) is 13.0 Å². The number of nitrogens with two attached hydrogens (primary N) is 2. The molecule has 0 atom stereocenters. The second kappa shape index (κ2) is 8.11. The van der Waals surface area contributed by atoms with E-state index in [-0.39, 0.29) is 16.5 Å². The first-order chi connectivity index (χ1) is 14.4. The number of anilines is 1. The van der Waals surface area contributed by atoms with Crippen LogP contribution in [0, 0.1) is 5.41 Å². The maximum absolute atomic E-state index is 11.9. The predicted octanol–water partition coefficient (Wildman–Crippen LogP) is 4.06. The molecule has 1 spiro atoms. The van der Waals surface area contributed by atoms with Gasteiger partial charge in [0.15, 0.2) is 0 Å². The van der Waals surface area contributed by atoms with Crippen LogP contribution in [0.1, 0.15) is 63.9 Å². The Kier molecular flexibility index (Phi) is 5.52. The van der Waals surface area contributed by atoms with Crippen molar-refractivity contribution >= 4 is 34.9 Å². The molecule has 6 nitrogen and oxygen atoms in total. The zero-order chi connectivity index (χ0) is 21.3. The standard InChI is InChI=1S/C23H25ClN4O2/c24-16-6-4-5-14(9-16)13-27-22-23(7-2-1-3-8-23)12-15-10-17(20(25)29)18(21(26)30)11-19(15)28-22/h4-6,9-11H,1-3,7-8,12-13H2,(H2,25,29)(H2,26,30)(H,27,28). The largest absolute Gasteiger partial charge is 0.366 e. The van der Waals surface area contributed by atoms with E-state index in [1.807, 2.05) is 24.3 Å². The summed E-state index contributed by atoms with van der Waals surface area (Å²) in [5.41, 5.74) is 14.0. The van der Waals surface area contributed by atoms with Gasteiger partial charge in [0.05, 0.1) is 17.7 Å². The minimum absolute atomic E-state index is 0.104. The van der Waals surface area contributed by atoms with Crippen LogP contribution < -0.4 is 16.8 Å². The first-order valence-corrected chi connectivity index (χ1v) is 10.6. The molecule has 0 bridgehead atoms. The highest BCUT2D eigenvalue weighted by atomic mass is 35.5. The van der Waals surface area contributed by atoms with Crippen molar-refractivity contribution in [2.45, 2.75) is 45.1 Å². The quantitative estimate of drug-likeness (QED) is 0.688. The predicted molar refractivity (Wildman–Crippen MR) is 119 cm³/mol. The lowest BCUT2D eigenvalue weighted by atomic mass is 9.67. The highest BCUT2D eigenvalue weighted by Gasteiger charge is 2.41. The van der Waals surface area contributed by atoms with Gasteiger partial charge in [0.2, 0.25) is 11.8 Å². The van der Waals surface area contributed by atoms with Gasteiger partial charge < -0.3 is 16.8 Å². The Morgan fingerprint density at radius 2 is 1.73 bits per heavy atom. The summed E-state index contributed by atoms with van der Waals surface area (Å²) in [7, 11) is 0. The lowest BCUT2D eigenvalue weighted by Crippen LogP contribution is -2.43. The number of primary amides is 2. The van der Waals surface area contributed by atoms with Crippen LogP contribution >= 0.6 is 11.6 Å². The first kappa shape index (κ1) is 20.4. The molecular weight excluding hydrogens is 400 g/mol. The molecule has 7 heteroatoms. The number of carbonyl (C=O) groups is 2. The third kappa shape index (κ3) is 3.92. The summed E-state index contributed by atoms with van der Waals surface area (Å²) in [4.78, 5) is 28.7. The molecule has 0 unspecified atom stereocenters. The van der Waals surface area contributed by atoms with E-state index >= 15 is 0 Å². The second-order valence-corrected chi connectivity index (χ2v) is 8.66. The van der Waals surface area contributed by atoms with Gasteiger partial charge in [0, 0.05) is 16.1 Å². The van der Waals surface area contributed by atoms with Crippen LogP contribution in [0.4, 0.5) is 5.69 Å². The molecule has 2 aliphatic rings. The van der Waals surface area contributed by atoms with Crippen LogP contribution in [0.15, 0.2) is 41.4 Å². The average Bonchev–Trinajstić information content (AvgIpc) is 2.72. The summed E-state index contributed by atoms with van der Waals surface area (Å²) in [5.74, 6) is -0.398. The fourth-order valence-electron chi connectivity index (χ4n) is 4.68. The molecule has 2 aromatic carbocycles. The lowest BCUT2D eigenvalue weighted by molar-refractivity contribution is 0.0967. The van der Waals surface area contributed by atoms with Gasteiger partial charge in [-0.3, -0.25) is 14.6 Å². The Labute approximate surface area is 180 Å². The molecule has 2 aromatic rings. The Bertz CT molecular complexity index is 1040. The zero-order valence-corrected chi connectivity index (χ0v) is 17.5. The van der Waals surface area contributed by atoms with Gasteiger partial charge in [-0.2, -0.15) is 0 Å². The monoisotopic (exact) mass is 424 g/mol. The summed E-state index contributed by atoms with van der Waals surface area (Å²) < 4.78 is 0. The van der Waals surface area contributed by atoms with Crippen molar-refractivity contribution in [2.75, 3.05) is 5.32 Å². The van der Waals surface area contributed by atoms with Crippen LogP contribution in [-0.4, -0.2) is 17.6 Å². The van der Waals surface area contributed by atoms with Crippen molar-refractivity contribution in [3.63, 3.8) is 0 Å². The molecule has 0 saturated heterocycles. The molecule has 0 aromatic heterocycles. The van der Waals surface area contributed by atoms with Crippen molar-refractivity contribution < 1.29 is 9.59 Å². The molecule has 1 aliphatic heterocycles. The van der Waals surface area contributed by atoms with E-state index in [2.05, 4.69) is 5.32 Å². The fraction of sp³-hybridized carbons (Fsp3) is 0.348. The number of halogens is 1. The minimum Gasteiger partial charge on any atom is -0.366 e. The third-order valence-corrected chi connectivity index (χ3v) is 6.41. The average molecular weight is 425 g/mol. The second-order valence-electron chi connectivity index (χ2n) is 8.22. The van der Waals surface area contributed by atoms with Crippen LogP contribution in [0.3, 0.4) is 0 Å². The molecule has 1 heterocycles. The van der Waals surface area contributed by atoms with Crippen molar-refractivity contribution in [2.24, 2.45) is 21.9 Å². The molecule has 2 amide bonds. The van der Waals surface area contributed by atoms with E-state index in [9.17, 15) is 9.59 Å². The number of fused-ring (bicyclic) bond motifs is 1. The summed E-state index contributed by atoms with van der Waals surface area (Å²) >= 11 is 6.12. The van der Waals surface area contributed by atoms with E-state index in [4.69, 9.17) is 28.1 Å². The van der Waals surface area contributed by atoms with E-state index in [0.29, 0.717) is 11.6 Å². The summed E-state index contributed by atoms with van der Waals surface area (Å²) in [6, 6.07) is 11.0. The number of amidine groups is 1. The molecule has 5 N–H and O–H groups in total. The van der Waals surface area contributed by atoms with Gasteiger partial charge in [-0.25, -0.2) is 0 Å². The smallest absolute Gasteiger partial charge is 0.249 e. The summed E-state index contributed by atoms with van der Waals surface area (Å²) in [6.07, 6.45) is 6.28.